The van der Waals surface area contributed by atoms with Crippen LogP contribution in [0, 0.1) is 0 Å². The third-order valence-corrected chi connectivity index (χ3v) is 4.85. The van der Waals surface area contributed by atoms with Crippen molar-refractivity contribution < 1.29 is 18.0 Å². The first-order valence-electron chi connectivity index (χ1n) is 8.87. The number of aromatic nitrogens is 3. The maximum absolute atomic E-state index is 12.8. The summed E-state index contributed by atoms with van der Waals surface area (Å²) in [6.45, 7) is 0. The van der Waals surface area contributed by atoms with E-state index in [1.807, 2.05) is 0 Å². The molecule has 0 bridgehead atoms. The Bertz CT molecular complexity index is 799. The number of hydrogen-bond acceptors (Lipinski definition) is 4. The second-order valence-electron chi connectivity index (χ2n) is 6.80. The van der Waals surface area contributed by atoms with Crippen LogP contribution < -0.4 is 11.1 Å². The lowest BCUT2D eigenvalue weighted by Crippen LogP contribution is -2.26. The van der Waals surface area contributed by atoms with Crippen LogP contribution in [0.25, 0.3) is 5.69 Å². The Balaban J connectivity index is 0.00000280. The van der Waals surface area contributed by atoms with Gasteiger partial charge in [-0.1, -0.05) is 0 Å². The van der Waals surface area contributed by atoms with Gasteiger partial charge in [0.1, 0.15) is 5.82 Å². The quantitative estimate of drug-likeness (QED) is 0.800. The van der Waals surface area contributed by atoms with Crippen molar-refractivity contribution in [2.45, 2.75) is 50.2 Å². The third kappa shape index (κ3) is 5.02. The summed E-state index contributed by atoms with van der Waals surface area (Å²) >= 11 is 0. The van der Waals surface area contributed by atoms with E-state index in [9.17, 15) is 18.0 Å². The molecule has 6 nitrogen and oxygen atoms in total. The van der Waals surface area contributed by atoms with Gasteiger partial charge in [0.25, 0.3) is 0 Å². The van der Waals surface area contributed by atoms with E-state index in [4.69, 9.17) is 5.73 Å². The highest BCUT2D eigenvalue weighted by atomic mass is 35.5. The van der Waals surface area contributed by atoms with Gasteiger partial charge in [-0.15, -0.1) is 12.4 Å². The van der Waals surface area contributed by atoms with E-state index in [2.05, 4.69) is 15.4 Å². The minimum Gasteiger partial charge on any atom is -0.359 e. The van der Waals surface area contributed by atoms with E-state index in [0.29, 0.717) is 17.3 Å². The Labute approximate surface area is 167 Å². The molecule has 1 aliphatic rings. The van der Waals surface area contributed by atoms with Crippen molar-refractivity contribution in [1.82, 2.24) is 20.1 Å². The second kappa shape index (κ2) is 8.91. The number of carbonyl (C=O) groups excluding carboxylic acids is 1. The normalized spacial score (nSPS) is 19.8. The van der Waals surface area contributed by atoms with Crippen LogP contribution in [0.1, 0.15) is 48.8 Å². The molecular weight excluding hydrogens is 395 g/mol. The molecule has 3 N–H and O–H groups in total. The van der Waals surface area contributed by atoms with Gasteiger partial charge in [-0.2, -0.15) is 18.3 Å². The van der Waals surface area contributed by atoms with E-state index in [1.165, 1.54) is 19.2 Å². The summed E-state index contributed by atoms with van der Waals surface area (Å²) < 4.78 is 40.0. The summed E-state index contributed by atoms with van der Waals surface area (Å²) in [5.74, 6) is 0.898. The van der Waals surface area contributed by atoms with Crippen LogP contribution in [0.3, 0.4) is 0 Å². The van der Waals surface area contributed by atoms with Crippen molar-refractivity contribution in [3.8, 4) is 5.69 Å². The molecule has 154 valence electrons. The Morgan fingerprint density at radius 2 is 1.82 bits per heavy atom. The Morgan fingerprint density at radius 3 is 2.36 bits per heavy atom. The monoisotopic (exact) mass is 417 g/mol. The van der Waals surface area contributed by atoms with Gasteiger partial charge in [0.2, 0.25) is 5.91 Å². The third-order valence-electron chi connectivity index (χ3n) is 4.85. The first-order chi connectivity index (χ1) is 12.8. The van der Waals surface area contributed by atoms with Crippen molar-refractivity contribution in [2.24, 2.45) is 5.73 Å². The van der Waals surface area contributed by atoms with Gasteiger partial charge in [-0.05, 0) is 49.9 Å². The zero-order valence-corrected chi connectivity index (χ0v) is 16.2. The number of amides is 1. The van der Waals surface area contributed by atoms with E-state index in [0.717, 1.165) is 37.8 Å². The number of hydrogen-bond donors (Lipinski definition) is 2. The smallest absolute Gasteiger partial charge is 0.359 e. The van der Waals surface area contributed by atoms with Crippen molar-refractivity contribution in [1.29, 1.82) is 0 Å². The number of benzene rings is 1. The molecule has 1 amide bonds. The van der Waals surface area contributed by atoms with Crippen LogP contribution in [0.15, 0.2) is 24.3 Å². The maximum Gasteiger partial charge on any atom is 0.416 e. The predicted molar refractivity (Wildman–Crippen MR) is 101 cm³/mol. The number of nitrogens with two attached hydrogens (primary N) is 1. The maximum atomic E-state index is 12.8. The van der Waals surface area contributed by atoms with Crippen LogP contribution in [-0.2, 0) is 17.4 Å². The van der Waals surface area contributed by atoms with Crippen molar-refractivity contribution in [3.63, 3.8) is 0 Å². The fourth-order valence-electron chi connectivity index (χ4n) is 3.30. The van der Waals surface area contributed by atoms with E-state index < -0.39 is 11.7 Å². The largest absolute Gasteiger partial charge is 0.416 e. The minimum absolute atomic E-state index is 0. The van der Waals surface area contributed by atoms with Gasteiger partial charge in [0, 0.05) is 19.0 Å². The lowest BCUT2D eigenvalue weighted by atomic mass is 9.86. The van der Waals surface area contributed by atoms with Gasteiger partial charge in [0.15, 0.2) is 5.82 Å². The van der Waals surface area contributed by atoms with Crippen LogP contribution in [-0.4, -0.2) is 33.8 Å². The van der Waals surface area contributed by atoms with Gasteiger partial charge >= 0.3 is 6.18 Å². The number of halogens is 4. The lowest BCUT2D eigenvalue weighted by molar-refractivity contribution is -0.137. The Kier molecular flexibility index (Phi) is 7.06. The first kappa shape index (κ1) is 22.2. The SMILES string of the molecule is CNC(=O)Cc1nc(C2CCC(N)CC2)n(-c2ccc(C(F)(F)F)cc2)n1.Cl. The van der Waals surface area contributed by atoms with E-state index >= 15 is 0 Å². The zero-order chi connectivity index (χ0) is 19.6. The lowest BCUT2D eigenvalue weighted by Gasteiger charge is -2.25. The topological polar surface area (TPSA) is 85.8 Å². The van der Waals surface area contributed by atoms with E-state index in [-0.39, 0.29) is 36.7 Å². The predicted octanol–water partition coefficient (Wildman–Crippen LogP) is 2.98. The van der Waals surface area contributed by atoms with Gasteiger partial charge in [-0.25, -0.2) is 9.67 Å². The molecule has 10 heteroatoms. The van der Waals surface area contributed by atoms with Crippen molar-refractivity contribution in [3.05, 3.63) is 41.5 Å². The summed E-state index contributed by atoms with van der Waals surface area (Å²) in [7, 11) is 1.53. The highest BCUT2D eigenvalue weighted by Crippen LogP contribution is 2.33. The second-order valence-corrected chi connectivity index (χ2v) is 6.80. The number of likely N-dealkylation sites (N-methyl/N-ethyl adjacent to an activating group) is 1. The number of nitrogens with zero attached hydrogens (tertiary/aromatic N) is 3. The standard InChI is InChI=1S/C18H22F3N5O.ClH/c1-23-16(27)10-15-24-17(11-2-6-13(22)7-3-11)26(25-15)14-8-4-12(5-9-14)18(19,20)21;/h4-5,8-9,11,13H,2-3,6-7,10,22H2,1H3,(H,23,27);1H. The van der Waals surface area contributed by atoms with Crippen LogP contribution in [0.5, 0.6) is 0 Å². The zero-order valence-electron chi connectivity index (χ0n) is 15.4. The minimum atomic E-state index is -4.40. The molecule has 1 fully saturated rings. The van der Waals surface area contributed by atoms with Gasteiger partial charge in [0.05, 0.1) is 17.7 Å². The molecule has 0 aliphatic heterocycles. The van der Waals surface area contributed by atoms with E-state index in [1.54, 1.807) is 4.68 Å². The van der Waals surface area contributed by atoms with Gasteiger partial charge in [-0.3, -0.25) is 4.79 Å². The molecule has 0 atom stereocenters. The fraction of sp³-hybridized carbons (Fsp3) is 0.500. The molecule has 0 unspecified atom stereocenters. The molecule has 0 saturated heterocycles. The number of rotatable bonds is 4. The summed E-state index contributed by atoms with van der Waals surface area (Å²) in [5.41, 5.74) is 5.74. The van der Waals surface area contributed by atoms with Crippen molar-refractivity contribution in [2.75, 3.05) is 7.05 Å². The highest BCUT2D eigenvalue weighted by molar-refractivity contribution is 5.85. The molecule has 0 radical (unpaired) electrons. The number of alkyl halides is 3. The highest BCUT2D eigenvalue weighted by Gasteiger charge is 2.31. The molecule has 1 heterocycles. The van der Waals surface area contributed by atoms with Crippen molar-refractivity contribution >= 4 is 18.3 Å². The molecule has 1 aromatic heterocycles. The summed E-state index contributed by atoms with van der Waals surface area (Å²) in [6.07, 6.45) is -0.999. The average Bonchev–Trinajstić information content (AvgIpc) is 3.05. The fourth-order valence-corrected chi connectivity index (χ4v) is 3.30. The van der Waals surface area contributed by atoms with Gasteiger partial charge < -0.3 is 11.1 Å². The molecule has 1 aliphatic carbocycles. The number of carbonyl (C=O) groups is 1. The van der Waals surface area contributed by atoms with Crippen LogP contribution in [0.2, 0.25) is 0 Å². The Morgan fingerprint density at radius 1 is 1.21 bits per heavy atom. The first-order valence-corrected chi connectivity index (χ1v) is 8.87. The average molecular weight is 418 g/mol. The van der Waals surface area contributed by atoms with Crippen LogP contribution >= 0.6 is 12.4 Å². The molecule has 3 rings (SSSR count). The molecule has 1 saturated carbocycles. The Hall–Kier alpha value is -2.13. The molecular formula is C18H23ClF3N5O. The summed E-state index contributed by atoms with van der Waals surface area (Å²) in [5, 5.41) is 6.91. The number of nitrogens with one attached hydrogen (secondary N) is 1. The molecule has 0 spiro atoms. The van der Waals surface area contributed by atoms with Crippen LogP contribution in [0.4, 0.5) is 13.2 Å². The molecule has 2 aromatic rings. The molecule has 1 aromatic carbocycles. The molecule has 28 heavy (non-hydrogen) atoms. The summed E-state index contributed by atoms with van der Waals surface area (Å²) in [4.78, 5) is 16.2. The summed E-state index contributed by atoms with van der Waals surface area (Å²) in [6, 6.07) is 4.96.